The van der Waals surface area contributed by atoms with E-state index >= 15 is 0 Å². The van der Waals surface area contributed by atoms with E-state index in [9.17, 15) is 14.0 Å². The fourth-order valence-electron chi connectivity index (χ4n) is 2.36. The molecule has 0 saturated carbocycles. The summed E-state index contributed by atoms with van der Waals surface area (Å²) < 4.78 is 13.3. The molecule has 0 amide bonds. The molecule has 4 nitrogen and oxygen atoms in total. The van der Waals surface area contributed by atoms with Gasteiger partial charge in [0.2, 0.25) is 0 Å². The summed E-state index contributed by atoms with van der Waals surface area (Å²) in [6.45, 7) is 0. The SMILES string of the molecule is N#Cc1cc(CC2=CC(=O)c3ccccc3C2=O)ncc1F. The molecule has 0 fully saturated rings. The van der Waals surface area contributed by atoms with E-state index < -0.39 is 5.82 Å². The number of aromatic nitrogens is 1. The van der Waals surface area contributed by atoms with E-state index in [1.165, 1.54) is 12.1 Å². The van der Waals surface area contributed by atoms with Gasteiger partial charge in [0.05, 0.1) is 11.8 Å². The van der Waals surface area contributed by atoms with E-state index in [1.807, 2.05) is 0 Å². The monoisotopic (exact) mass is 292 g/mol. The zero-order chi connectivity index (χ0) is 15.7. The number of nitrogens with zero attached hydrogens (tertiary/aromatic N) is 2. The Labute approximate surface area is 125 Å². The van der Waals surface area contributed by atoms with E-state index in [1.54, 1.807) is 30.3 Å². The molecule has 5 heteroatoms. The summed E-state index contributed by atoms with van der Waals surface area (Å²) >= 11 is 0. The van der Waals surface area contributed by atoms with Crippen molar-refractivity contribution in [2.75, 3.05) is 0 Å². The van der Waals surface area contributed by atoms with Crippen LogP contribution in [0.5, 0.6) is 0 Å². The van der Waals surface area contributed by atoms with Gasteiger partial charge in [-0.25, -0.2) is 4.39 Å². The molecule has 1 aliphatic carbocycles. The average Bonchev–Trinajstić information content (AvgIpc) is 2.54. The number of carbonyl (C=O) groups is 2. The number of fused-ring (bicyclic) bond motifs is 1. The molecule has 0 spiro atoms. The third-order valence-corrected chi connectivity index (χ3v) is 3.44. The summed E-state index contributed by atoms with van der Waals surface area (Å²) in [7, 11) is 0. The average molecular weight is 292 g/mol. The quantitative estimate of drug-likeness (QED) is 0.853. The summed E-state index contributed by atoms with van der Waals surface area (Å²) in [6, 6.07) is 9.60. The standard InChI is InChI=1S/C17H9FN2O2/c18-15-9-20-12(6-11(15)8-19)5-10-7-16(21)13-3-1-2-4-14(13)17(10)22/h1-4,6-7,9H,5H2. The van der Waals surface area contributed by atoms with Crippen molar-refractivity contribution >= 4 is 11.6 Å². The van der Waals surface area contributed by atoms with Gasteiger partial charge in [-0.3, -0.25) is 14.6 Å². The van der Waals surface area contributed by atoms with Gasteiger partial charge in [-0.1, -0.05) is 24.3 Å². The van der Waals surface area contributed by atoms with Crippen LogP contribution in [0, 0.1) is 17.1 Å². The Morgan fingerprint density at radius 2 is 1.91 bits per heavy atom. The molecule has 0 bridgehead atoms. The summed E-state index contributed by atoms with van der Waals surface area (Å²) in [5.74, 6) is -1.20. The zero-order valence-corrected chi connectivity index (χ0v) is 11.3. The van der Waals surface area contributed by atoms with Crippen LogP contribution < -0.4 is 0 Å². The number of pyridine rings is 1. The number of Topliss-reactive ketones (excluding diaryl/α,β-unsaturated/α-hetero) is 1. The van der Waals surface area contributed by atoms with Crippen molar-refractivity contribution in [3.05, 3.63) is 76.4 Å². The maximum atomic E-state index is 13.3. The van der Waals surface area contributed by atoms with Gasteiger partial charge in [-0.2, -0.15) is 5.26 Å². The third kappa shape index (κ3) is 2.31. The Bertz CT molecular complexity index is 878. The molecule has 1 aliphatic rings. The van der Waals surface area contributed by atoms with Crippen molar-refractivity contribution in [2.45, 2.75) is 6.42 Å². The summed E-state index contributed by atoms with van der Waals surface area (Å²) in [5.41, 5.74) is 1.24. The molecule has 2 aromatic rings. The Morgan fingerprint density at radius 3 is 2.64 bits per heavy atom. The molecular weight excluding hydrogens is 283 g/mol. The lowest BCUT2D eigenvalue weighted by atomic mass is 9.87. The highest BCUT2D eigenvalue weighted by atomic mass is 19.1. The van der Waals surface area contributed by atoms with Crippen LogP contribution in [0.25, 0.3) is 0 Å². The topological polar surface area (TPSA) is 70.8 Å². The van der Waals surface area contributed by atoms with Crippen LogP contribution in [-0.2, 0) is 6.42 Å². The van der Waals surface area contributed by atoms with Gasteiger partial charge in [-0.05, 0) is 12.1 Å². The summed E-state index contributed by atoms with van der Waals surface area (Å²) in [4.78, 5) is 28.3. The molecule has 0 N–H and O–H groups in total. The van der Waals surface area contributed by atoms with Crippen LogP contribution in [0.4, 0.5) is 4.39 Å². The Kier molecular flexibility index (Phi) is 3.36. The lowest BCUT2D eigenvalue weighted by Gasteiger charge is -2.14. The van der Waals surface area contributed by atoms with Crippen molar-refractivity contribution in [3.8, 4) is 6.07 Å². The molecule has 106 valence electrons. The molecule has 1 heterocycles. The first-order valence-corrected chi connectivity index (χ1v) is 6.53. The molecular formula is C17H9FN2O2. The van der Waals surface area contributed by atoms with Crippen LogP contribution in [0.15, 0.2) is 48.2 Å². The van der Waals surface area contributed by atoms with Gasteiger partial charge in [-0.15, -0.1) is 0 Å². The van der Waals surface area contributed by atoms with Crippen LogP contribution in [0.1, 0.15) is 32.0 Å². The molecule has 0 atom stereocenters. The van der Waals surface area contributed by atoms with Crippen molar-refractivity contribution in [1.82, 2.24) is 4.98 Å². The number of hydrogen-bond donors (Lipinski definition) is 0. The number of carbonyl (C=O) groups excluding carboxylic acids is 2. The highest BCUT2D eigenvalue weighted by Gasteiger charge is 2.25. The van der Waals surface area contributed by atoms with Crippen molar-refractivity contribution in [1.29, 1.82) is 5.26 Å². The molecule has 1 aromatic heterocycles. The minimum absolute atomic E-state index is 0.0772. The van der Waals surface area contributed by atoms with E-state index in [0.29, 0.717) is 16.8 Å². The Balaban J connectivity index is 1.96. The van der Waals surface area contributed by atoms with Gasteiger partial charge in [0.25, 0.3) is 0 Å². The first kappa shape index (κ1) is 13.8. The maximum Gasteiger partial charge on any atom is 0.190 e. The molecule has 0 saturated heterocycles. The predicted octanol–water partition coefficient (Wildman–Crippen LogP) is 2.64. The number of ketones is 2. The van der Waals surface area contributed by atoms with E-state index in [-0.39, 0.29) is 29.1 Å². The van der Waals surface area contributed by atoms with Crippen molar-refractivity contribution < 1.29 is 14.0 Å². The first-order valence-electron chi connectivity index (χ1n) is 6.53. The van der Waals surface area contributed by atoms with Crippen LogP contribution in [0.2, 0.25) is 0 Å². The number of hydrogen-bond acceptors (Lipinski definition) is 4. The molecule has 0 aliphatic heterocycles. The minimum atomic E-state index is -0.711. The Hall–Kier alpha value is -3.13. The molecule has 1 aromatic carbocycles. The van der Waals surface area contributed by atoms with E-state index in [0.717, 1.165) is 6.20 Å². The number of halogens is 1. The van der Waals surface area contributed by atoms with Gasteiger partial charge in [0, 0.05) is 28.8 Å². The number of allylic oxidation sites excluding steroid dienone is 2. The molecule has 3 rings (SSSR count). The molecule has 0 unspecified atom stereocenters. The minimum Gasteiger partial charge on any atom is -0.289 e. The second-order valence-corrected chi connectivity index (χ2v) is 4.85. The zero-order valence-electron chi connectivity index (χ0n) is 11.3. The van der Waals surface area contributed by atoms with Gasteiger partial charge in [0.15, 0.2) is 17.4 Å². The second-order valence-electron chi connectivity index (χ2n) is 4.85. The largest absolute Gasteiger partial charge is 0.289 e. The van der Waals surface area contributed by atoms with Gasteiger partial charge in [0.1, 0.15) is 6.07 Å². The van der Waals surface area contributed by atoms with Crippen LogP contribution >= 0.6 is 0 Å². The number of nitriles is 1. The summed E-state index contributed by atoms with van der Waals surface area (Å²) in [6.07, 6.45) is 2.30. The predicted molar refractivity (Wildman–Crippen MR) is 75.8 cm³/mol. The van der Waals surface area contributed by atoms with Crippen molar-refractivity contribution in [2.24, 2.45) is 0 Å². The van der Waals surface area contributed by atoms with Crippen LogP contribution in [0.3, 0.4) is 0 Å². The normalized spacial score (nSPS) is 13.4. The molecule has 22 heavy (non-hydrogen) atoms. The van der Waals surface area contributed by atoms with E-state index in [2.05, 4.69) is 4.98 Å². The highest BCUT2D eigenvalue weighted by molar-refractivity contribution is 6.24. The smallest absolute Gasteiger partial charge is 0.190 e. The lowest BCUT2D eigenvalue weighted by molar-refractivity contribution is 0.0982. The fourth-order valence-corrected chi connectivity index (χ4v) is 2.36. The summed E-state index contributed by atoms with van der Waals surface area (Å²) in [5, 5.41) is 8.82. The number of rotatable bonds is 2. The second kappa shape index (κ2) is 5.34. The third-order valence-electron chi connectivity index (χ3n) is 3.44. The molecule has 0 radical (unpaired) electrons. The highest BCUT2D eigenvalue weighted by Crippen LogP contribution is 2.23. The van der Waals surface area contributed by atoms with Gasteiger partial charge >= 0.3 is 0 Å². The Morgan fingerprint density at radius 1 is 1.18 bits per heavy atom. The van der Waals surface area contributed by atoms with E-state index in [4.69, 9.17) is 5.26 Å². The lowest BCUT2D eigenvalue weighted by Crippen LogP contribution is -2.18. The van der Waals surface area contributed by atoms with Crippen LogP contribution in [-0.4, -0.2) is 16.6 Å². The van der Waals surface area contributed by atoms with Crippen molar-refractivity contribution in [3.63, 3.8) is 0 Å². The fraction of sp³-hybridized carbons (Fsp3) is 0.0588. The maximum absolute atomic E-state index is 13.3. The first-order chi connectivity index (χ1) is 10.6. The van der Waals surface area contributed by atoms with Gasteiger partial charge < -0.3 is 0 Å². The number of benzene rings is 1.